The summed E-state index contributed by atoms with van der Waals surface area (Å²) in [6.07, 6.45) is 1.83. The Labute approximate surface area is 147 Å². The molecular formula is C18H18FN5O2. The molecule has 0 aliphatic carbocycles. The average Bonchev–Trinajstić information content (AvgIpc) is 3.12. The molecule has 0 N–H and O–H groups in total. The molecule has 0 atom stereocenters. The third-order valence-electron chi connectivity index (χ3n) is 4.74. The quantitative estimate of drug-likeness (QED) is 0.561. The molecule has 0 saturated carbocycles. The van der Waals surface area contributed by atoms with Gasteiger partial charge in [0, 0.05) is 31.0 Å². The molecular weight excluding hydrogens is 337 g/mol. The second-order valence-electron chi connectivity index (χ2n) is 6.29. The molecule has 0 bridgehead atoms. The fourth-order valence-electron chi connectivity index (χ4n) is 3.38. The molecule has 0 aliphatic rings. The fourth-order valence-corrected chi connectivity index (χ4v) is 3.38. The highest BCUT2D eigenvalue weighted by molar-refractivity contribution is 5.75. The number of nitrogens with zero attached hydrogens (tertiary/aromatic N) is 5. The van der Waals surface area contributed by atoms with E-state index in [1.165, 1.54) is 10.6 Å². The molecule has 0 saturated heterocycles. The monoisotopic (exact) mass is 355 g/mol. The first kappa shape index (κ1) is 16.3. The van der Waals surface area contributed by atoms with Crippen molar-refractivity contribution >= 4 is 16.9 Å². The van der Waals surface area contributed by atoms with Crippen molar-refractivity contribution in [2.45, 2.75) is 26.9 Å². The molecule has 8 heteroatoms. The summed E-state index contributed by atoms with van der Waals surface area (Å²) in [6, 6.07) is 6.12. The van der Waals surface area contributed by atoms with Crippen molar-refractivity contribution in [1.29, 1.82) is 0 Å². The number of hydrogen-bond donors (Lipinski definition) is 0. The van der Waals surface area contributed by atoms with E-state index in [9.17, 15) is 14.0 Å². The second kappa shape index (κ2) is 5.69. The highest BCUT2D eigenvalue weighted by Gasteiger charge is 2.20. The van der Waals surface area contributed by atoms with E-state index in [0.29, 0.717) is 23.5 Å². The fraction of sp³-hybridized carbons (Fsp3) is 0.278. The molecule has 0 spiro atoms. The maximum absolute atomic E-state index is 14.0. The molecule has 0 aliphatic heterocycles. The second-order valence-corrected chi connectivity index (χ2v) is 6.29. The normalized spacial score (nSPS) is 11.7. The summed E-state index contributed by atoms with van der Waals surface area (Å²) in [5, 5.41) is 0. The van der Waals surface area contributed by atoms with Crippen LogP contribution in [-0.4, -0.2) is 23.1 Å². The minimum absolute atomic E-state index is 0.130. The van der Waals surface area contributed by atoms with Crippen LogP contribution in [0, 0.1) is 12.7 Å². The van der Waals surface area contributed by atoms with Gasteiger partial charge in [-0.3, -0.25) is 18.3 Å². The lowest BCUT2D eigenvalue weighted by atomic mass is 10.2. The van der Waals surface area contributed by atoms with Gasteiger partial charge in [-0.05, 0) is 19.9 Å². The first-order valence-corrected chi connectivity index (χ1v) is 8.35. The van der Waals surface area contributed by atoms with E-state index in [0.717, 1.165) is 10.3 Å². The molecule has 3 heterocycles. The van der Waals surface area contributed by atoms with Crippen LogP contribution in [0.1, 0.15) is 18.2 Å². The summed E-state index contributed by atoms with van der Waals surface area (Å²) in [7, 11) is 1.57. The van der Waals surface area contributed by atoms with E-state index >= 15 is 0 Å². The summed E-state index contributed by atoms with van der Waals surface area (Å²) in [5.41, 5.74) is 0.883. The SMILES string of the molecule is CCn1c(C)cn2c3c(=O)n(Cc4ccccc4F)c(=O)n(C)c3nc12. The van der Waals surface area contributed by atoms with E-state index in [-0.39, 0.29) is 12.1 Å². The number of hydrogen-bond acceptors (Lipinski definition) is 3. The predicted octanol–water partition coefficient (Wildman–Crippen LogP) is 1.67. The van der Waals surface area contributed by atoms with Crippen LogP contribution in [-0.2, 0) is 20.1 Å². The zero-order valence-corrected chi connectivity index (χ0v) is 14.7. The van der Waals surface area contributed by atoms with Crippen LogP contribution in [0.15, 0.2) is 40.1 Å². The highest BCUT2D eigenvalue weighted by Crippen LogP contribution is 2.16. The largest absolute Gasteiger partial charge is 0.332 e. The zero-order valence-electron chi connectivity index (χ0n) is 14.7. The Kier molecular flexibility index (Phi) is 3.57. The Morgan fingerprint density at radius 3 is 2.58 bits per heavy atom. The third-order valence-corrected chi connectivity index (χ3v) is 4.74. The Bertz CT molecular complexity index is 1270. The number of imidazole rings is 2. The molecule has 0 unspecified atom stereocenters. The van der Waals surface area contributed by atoms with E-state index in [1.54, 1.807) is 29.6 Å². The summed E-state index contributed by atoms with van der Waals surface area (Å²) >= 11 is 0. The molecule has 4 aromatic rings. The van der Waals surface area contributed by atoms with Crippen molar-refractivity contribution in [1.82, 2.24) is 23.1 Å². The smallest absolute Gasteiger partial charge is 0.314 e. The number of rotatable bonds is 3. The molecule has 0 amide bonds. The van der Waals surface area contributed by atoms with Crippen LogP contribution in [0.4, 0.5) is 4.39 Å². The molecule has 4 rings (SSSR count). The van der Waals surface area contributed by atoms with Crippen LogP contribution in [0.5, 0.6) is 0 Å². The first-order chi connectivity index (χ1) is 12.4. The minimum atomic E-state index is -0.522. The van der Waals surface area contributed by atoms with Gasteiger partial charge in [-0.2, -0.15) is 4.98 Å². The first-order valence-electron chi connectivity index (χ1n) is 8.35. The Morgan fingerprint density at radius 1 is 1.15 bits per heavy atom. The van der Waals surface area contributed by atoms with E-state index < -0.39 is 17.1 Å². The minimum Gasteiger partial charge on any atom is -0.314 e. The van der Waals surface area contributed by atoms with Crippen molar-refractivity contribution in [2.75, 3.05) is 0 Å². The maximum atomic E-state index is 14.0. The van der Waals surface area contributed by atoms with Crippen molar-refractivity contribution in [3.8, 4) is 0 Å². The predicted molar refractivity (Wildman–Crippen MR) is 96.1 cm³/mol. The van der Waals surface area contributed by atoms with Crippen molar-refractivity contribution in [3.05, 3.63) is 68.4 Å². The summed E-state index contributed by atoms with van der Waals surface area (Å²) < 4.78 is 20.1. The lowest BCUT2D eigenvalue weighted by Gasteiger charge is -2.08. The van der Waals surface area contributed by atoms with E-state index in [2.05, 4.69) is 4.98 Å². The molecule has 1 aromatic carbocycles. The summed E-state index contributed by atoms with van der Waals surface area (Å²) in [4.78, 5) is 30.2. The molecule has 0 fully saturated rings. The van der Waals surface area contributed by atoms with Gasteiger partial charge in [0.05, 0.1) is 6.54 Å². The molecule has 26 heavy (non-hydrogen) atoms. The molecule has 7 nitrogen and oxygen atoms in total. The Morgan fingerprint density at radius 2 is 1.88 bits per heavy atom. The number of aryl methyl sites for hydroxylation is 3. The van der Waals surface area contributed by atoms with Crippen LogP contribution in [0.2, 0.25) is 0 Å². The van der Waals surface area contributed by atoms with Gasteiger partial charge in [0.25, 0.3) is 5.56 Å². The molecule has 134 valence electrons. The number of aromatic nitrogens is 5. The topological polar surface area (TPSA) is 66.2 Å². The third kappa shape index (κ3) is 2.15. The van der Waals surface area contributed by atoms with Crippen LogP contribution < -0.4 is 11.2 Å². The van der Waals surface area contributed by atoms with Gasteiger partial charge in [0.2, 0.25) is 5.78 Å². The lowest BCUT2D eigenvalue weighted by Crippen LogP contribution is -2.39. The van der Waals surface area contributed by atoms with Gasteiger partial charge in [-0.15, -0.1) is 0 Å². The highest BCUT2D eigenvalue weighted by atomic mass is 19.1. The Hall–Kier alpha value is -3.16. The van der Waals surface area contributed by atoms with Gasteiger partial charge in [0.1, 0.15) is 5.82 Å². The van der Waals surface area contributed by atoms with Gasteiger partial charge in [-0.1, -0.05) is 18.2 Å². The van der Waals surface area contributed by atoms with Crippen LogP contribution in [0.25, 0.3) is 16.9 Å². The average molecular weight is 355 g/mol. The summed E-state index contributed by atoms with van der Waals surface area (Å²) in [6.45, 7) is 4.49. The van der Waals surface area contributed by atoms with E-state index in [4.69, 9.17) is 0 Å². The van der Waals surface area contributed by atoms with Crippen LogP contribution in [0.3, 0.4) is 0 Å². The van der Waals surface area contributed by atoms with Gasteiger partial charge >= 0.3 is 5.69 Å². The maximum Gasteiger partial charge on any atom is 0.332 e. The number of benzene rings is 1. The summed E-state index contributed by atoms with van der Waals surface area (Å²) in [5.74, 6) is 0.156. The zero-order chi connectivity index (χ0) is 18.6. The number of halogens is 1. The van der Waals surface area contributed by atoms with Gasteiger partial charge in [0.15, 0.2) is 11.2 Å². The number of fused-ring (bicyclic) bond motifs is 3. The van der Waals surface area contributed by atoms with E-state index in [1.807, 2.05) is 24.6 Å². The molecule has 0 radical (unpaired) electrons. The Balaban J connectivity index is 2.06. The van der Waals surface area contributed by atoms with Crippen LogP contribution >= 0.6 is 0 Å². The van der Waals surface area contributed by atoms with Crippen molar-refractivity contribution in [2.24, 2.45) is 7.05 Å². The van der Waals surface area contributed by atoms with Gasteiger partial charge < -0.3 is 4.57 Å². The standard InChI is InChI=1S/C18H18FN5O2/c1-4-22-11(2)9-23-14-15(20-17(22)23)21(3)18(26)24(16(14)25)10-12-7-5-6-8-13(12)19/h5-9H,4,10H2,1-3H3. The lowest BCUT2D eigenvalue weighted by molar-refractivity contribution is 0.582. The van der Waals surface area contributed by atoms with Gasteiger partial charge in [-0.25, -0.2) is 9.18 Å². The molecule has 3 aromatic heterocycles. The van der Waals surface area contributed by atoms with Crippen molar-refractivity contribution in [3.63, 3.8) is 0 Å². The van der Waals surface area contributed by atoms with Crippen molar-refractivity contribution < 1.29 is 4.39 Å².